The molecule has 212 valence electrons. The van der Waals surface area contributed by atoms with Crippen LogP contribution in [0.25, 0.3) is 12.2 Å². The first kappa shape index (κ1) is 30.1. The molecule has 1 aromatic heterocycles. The van der Waals surface area contributed by atoms with E-state index in [1.54, 1.807) is 0 Å². The minimum absolute atomic E-state index is 0.0633. The summed E-state index contributed by atoms with van der Waals surface area (Å²) < 4.78 is 0. The van der Waals surface area contributed by atoms with Crippen LogP contribution in [0.1, 0.15) is 98.1 Å². The molecule has 0 unspecified atom stereocenters. The average molecular weight is 558 g/mol. The number of hydrogen-bond donors (Lipinski definition) is 2. The van der Waals surface area contributed by atoms with Crippen molar-refractivity contribution in [2.75, 3.05) is 5.75 Å². The summed E-state index contributed by atoms with van der Waals surface area (Å²) in [6.45, 7) is 5.88. The summed E-state index contributed by atoms with van der Waals surface area (Å²) in [5.41, 5.74) is 5.78. The fourth-order valence-electron chi connectivity index (χ4n) is 5.22. The van der Waals surface area contributed by atoms with Crippen LogP contribution in [0.2, 0.25) is 0 Å². The molecule has 2 N–H and O–H groups in total. The van der Waals surface area contributed by atoms with Crippen LogP contribution >= 0.6 is 11.8 Å². The first-order valence-corrected chi connectivity index (χ1v) is 15.6. The third-order valence-electron chi connectivity index (χ3n) is 7.82. The molecule has 1 saturated carbocycles. The van der Waals surface area contributed by atoms with Crippen LogP contribution in [-0.4, -0.2) is 26.9 Å². The van der Waals surface area contributed by atoms with E-state index in [4.69, 9.17) is 0 Å². The van der Waals surface area contributed by atoms with Gasteiger partial charge in [0.1, 0.15) is 0 Å². The summed E-state index contributed by atoms with van der Waals surface area (Å²) in [5.74, 6) is 0.152. The van der Waals surface area contributed by atoms with Gasteiger partial charge in [-0.1, -0.05) is 74.0 Å². The molecule has 1 fully saturated rings. The number of aliphatic hydroxyl groups is 1. The van der Waals surface area contributed by atoms with Crippen molar-refractivity contribution in [2.24, 2.45) is 5.41 Å². The summed E-state index contributed by atoms with van der Waals surface area (Å²) >= 11 is 1.89. The highest BCUT2D eigenvalue weighted by Gasteiger charge is 2.44. The standard InChI is InChI=1S/C35H43NO3S/c1-4-5-9-27-15-18-30(36-24-27)17-14-26-10-8-12-29(22-26)32(40-25-35(20-21-35)23-33(37)38)19-16-28-11-6-7-13-31(28)34(2,3)39/h6-8,10-15,17-18,22,24,32,39H,4-5,9,16,19-21,23,25H2,1-3H3,(H,37,38)/b17-14+/t32-/m1/s1. The van der Waals surface area contributed by atoms with E-state index < -0.39 is 11.6 Å². The van der Waals surface area contributed by atoms with Crippen molar-refractivity contribution in [3.63, 3.8) is 0 Å². The van der Waals surface area contributed by atoms with E-state index in [9.17, 15) is 15.0 Å². The second-order valence-corrected chi connectivity index (χ2v) is 13.0. The molecule has 4 rings (SSSR count). The van der Waals surface area contributed by atoms with Gasteiger partial charge in [0, 0.05) is 17.2 Å². The van der Waals surface area contributed by atoms with Crippen LogP contribution in [0.15, 0.2) is 66.9 Å². The van der Waals surface area contributed by atoms with E-state index in [0.29, 0.717) is 0 Å². The third kappa shape index (κ3) is 8.81. The molecule has 0 bridgehead atoms. The minimum Gasteiger partial charge on any atom is -0.481 e. The Morgan fingerprint density at radius 2 is 1.88 bits per heavy atom. The smallest absolute Gasteiger partial charge is 0.303 e. The molecular weight excluding hydrogens is 514 g/mol. The fraction of sp³-hybridized carbons (Fsp3) is 0.429. The van der Waals surface area contributed by atoms with Crippen molar-refractivity contribution in [3.05, 3.63) is 100 Å². The lowest BCUT2D eigenvalue weighted by molar-refractivity contribution is -0.138. The number of aromatic nitrogens is 1. The zero-order chi connectivity index (χ0) is 28.6. The number of carboxylic acids is 1. The molecule has 5 heteroatoms. The Morgan fingerprint density at radius 3 is 2.55 bits per heavy atom. The quantitative estimate of drug-likeness (QED) is 0.196. The number of carbonyl (C=O) groups is 1. The maximum absolute atomic E-state index is 11.5. The van der Waals surface area contributed by atoms with E-state index in [2.05, 4.69) is 66.5 Å². The number of nitrogens with zero attached hydrogens (tertiary/aromatic N) is 1. The third-order valence-corrected chi connectivity index (χ3v) is 9.51. The second kappa shape index (κ2) is 13.6. The van der Waals surface area contributed by atoms with Crippen LogP contribution in [0, 0.1) is 5.41 Å². The maximum atomic E-state index is 11.5. The molecule has 3 aromatic rings. The number of aliphatic carboxylic acids is 1. The number of pyridine rings is 1. The number of carboxylic acid groups (broad SMARTS) is 1. The van der Waals surface area contributed by atoms with Gasteiger partial charge < -0.3 is 10.2 Å². The molecule has 1 heterocycles. The van der Waals surface area contributed by atoms with Crippen LogP contribution in [0.4, 0.5) is 0 Å². The number of unbranched alkanes of at least 4 members (excludes halogenated alkanes) is 1. The topological polar surface area (TPSA) is 70.4 Å². The predicted octanol–water partition coefficient (Wildman–Crippen LogP) is 8.48. The first-order valence-electron chi connectivity index (χ1n) is 14.5. The molecular formula is C35H43NO3S. The molecule has 1 atom stereocenters. The number of rotatable bonds is 15. The maximum Gasteiger partial charge on any atom is 0.303 e. The highest BCUT2D eigenvalue weighted by Crippen LogP contribution is 2.53. The minimum atomic E-state index is -0.897. The summed E-state index contributed by atoms with van der Waals surface area (Å²) in [6, 6.07) is 21.1. The summed E-state index contributed by atoms with van der Waals surface area (Å²) in [7, 11) is 0. The normalized spacial score (nSPS) is 15.3. The van der Waals surface area contributed by atoms with Crippen molar-refractivity contribution in [1.82, 2.24) is 4.98 Å². The van der Waals surface area contributed by atoms with Crippen molar-refractivity contribution >= 4 is 29.9 Å². The van der Waals surface area contributed by atoms with Crippen molar-refractivity contribution < 1.29 is 15.0 Å². The average Bonchev–Trinajstić information content (AvgIpc) is 3.69. The van der Waals surface area contributed by atoms with E-state index in [1.165, 1.54) is 24.0 Å². The molecule has 0 spiro atoms. The molecule has 0 saturated heterocycles. The van der Waals surface area contributed by atoms with Crippen LogP contribution in [0.3, 0.4) is 0 Å². The van der Waals surface area contributed by atoms with Gasteiger partial charge in [-0.15, -0.1) is 0 Å². The van der Waals surface area contributed by atoms with E-state index in [-0.39, 0.29) is 17.1 Å². The molecule has 1 aliphatic carbocycles. The fourth-order valence-corrected chi connectivity index (χ4v) is 6.79. The van der Waals surface area contributed by atoms with Crippen molar-refractivity contribution in [3.8, 4) is 0 Å². The molecule has 4 nitrogen and oxygen atoms in total. The summed E-state index contributed by atoms with van der Waals surface area (Å²) in [6.07, 6.45) is 13.6. The van der Waals surface area contributed by atoms with Gasteiger partial charge in [-0.2, -0.15) is 11.8 Å². The molecule has 0 aliphatic heterocycles. The lowest BCUT2D eigenvalue weighted by Gasteiger charge is -2.24. The van der Waals surface area contributed by atoms with Crippen LogP contribution in [0.5, 0.6) is 0 Å². The highest BCUT2D eigenvalue weighted by molar-refractivity contribution is 7.99. The Bertz CT molecular complexity index is 1290. The van der Waals surface area contributed by atoms with Crippen LogP contribution in [-0.2, 0) is 23.2 Å². The first-order chi connectivity index (χ1) is 19.2. The SMILES string of the molecule is CCCCc1ccc(/C=C/c2cccc([C@@H](CCc3ccccc3C(C)(C)O)SCC3(CC(=O)O)CC3)c2)nc1. The highest BCUT2D eigenvalue weighted by atomic mass is 32.2. The zero-order valence-corrected chi connectivity index (χ0v) is 24.9. The van der Waals surface area contributed by atoms with Gasteiger partial charge in [-0.05, 0) is 97.7 Å². The second-order valence-electron chi connectivity index (χ2n) is 11.8. The van der Waals surface area contributed by atoms with Crippen molar-refractivity contribution in [1.29, 1.82) is 0 Å². The number of aryl methyl sites for hydroxylation is 2. The largest absolute Gasteiger partial charge is 0.481 e. The van der Waals surface area contributed by atoms with Gasteiger partial charge in [0.15, 0.2) is 0 Å². The van der Waals surface area contributed by atoms with E-state index in [0.717, 1.165) is 60.2 Å². The Labute approximate surface area is 244 Å². The Morgan fingerprint density at radius 1 is 1.07 bits per heavy atom. The molecule has 2 aromatic carbocycles. The Kier molecular flexibility index (Phi) is 10.3. The molecule has 0 amide bonds. The molecule has 1 aliphatic rings. The lowest BCUT2D eigenvalue weighted by atomic mass is 9.90. The van der Waals surface area contributed by atoms with Crippen molar-refractivity contribution in [2.45, 2.75) is 83.0 Å². The molecule has 40 heavy (non-hydrogen) atoms. The lowest BCUT2D eigenvalue weighted by Crippen LogP contribution is -2.18. The number of benzene rings is 2. The summed E-state index contributed by atoms with van der Waals surface area (Å²) in [5, 5.41) is 20.4. The van der Waals surface area contributed by atoms with Gasteiger partial charge in [-0.25, -0.2) is 0 Å². The Balaban J connectivity index is 1.51. The Hall–Kier alpha value is -2.89. The van der Waals surface area contributed by atoms with Gasteiger partial charge in [0.05, 0.1) is 17.7 Å². The van der Waals surface area contributed by atoms with E-state index in [1.807, 2.05) is 50.0 Å². The van der Waals surface area contributed by atoms with Gasteiger partial charge >= 0.3 is 5.97 Å². The molecule has 0 radical (unpaired) electrons. The van der Waals surface area contributed by atoms with Gasteiger partial charge in [0.2, 0.25) is 0 Å². The van der Waals surface area contributed by atoms with Crippen LogP contribution < -0.4 is 0 Å². The monoisotopic (exact) mass is 557 g/mol. The summed E-state index contributed by atoms with van der Waals surface area (Å²) in [4.78, 5) is 16.1. The van der Waals surface area contributed by atoms with E-state index >= 15 is 0 Å². The zero-order valence-electron chi connectivity index (χ0n) is 24.1. The van der Waals surface area contributed by atoms with Gasteiger partial charge in [0.25, 0.3) is 0 Å². The predicted molar refractivity (Wildman–Crippen MR) is 167 cm³/mol. The number of thioether (sulfide) groups is 1. The number of hydrogen-bond acceptors (Lipinski definition) is 4. The van der Waals surface area contributed by atoms with Gasteiger partial charge in [-0.3, -0.25) is 9.78 Å².